The van der Waals surface area contributed by atoms with Crippen LogP contribution in [0.5, 0.6) is 0 Å². The van der Waals surface area contributed by atoms with E-state index in [9.17, 15) is 21.6 Å². The van der Waals surface area contributed by atoms with Gasteiger partial charge in [0, 0.05) is 12.8 Å². The molecule has 0 radical (unpaired) electrons. The molecule has 2 rings (SSSR count). The molecule has 0 aliphatic rings. The molecular formula is C20H25NO6S2. The molecule has 0 spiro atoms. The summed E-state index contributed by atoms with van der Waals surface area (Å²) in [5.41, 5.74) is 1.28. The molecule has 1 unspecified atom stereocenters. The number of ether oxygens (including phenoxy) is 1. The second-order valence-corrected chi connectivity index (χ2v) is 10.4. The third-order valence-electron chi connectivity index (χ3n) is 4.34. The molecule has 1 atom stereocenters. The largest absolute Gasteiger partial charge is 0.466 e. The quantitative estimate of drug-likeness (QED) is 0.600. The van der Waals surface area contributed by atoms with E-state index < -0.39 is 31.7 Å². The minimum absolute atomic E-state index is 0.0882. The Balaban J connectivity index is 2.26. The van der Waals surface area contributed by atoms with Crippen molar-refractivity contribution in [3.63, 3.8) is 0 Å². The van der Waals surface area contributed by atoms with Gasteiger partial charge in [-0.1, -0.05) is 36.4 Å². The first kappa shape index (κ1) is 23.1. The third-order valence-corrected chi connectivity index (χ3v) is 7.02. The highest BCUT2D eigenvalue weighted by molar-refractivity contribution is 7.91. The average Bonchev–Trinajstić information content (AvgIpc) is 2.65. The average molecular weight is 440 g/mol. The van der Waals surface area contributed by atoms with E-state index in [-0.39, 0.29) is 22.9 Å². The molecule has 0 aliphatic carbocycles. The van der Waals surface area contributed by atoms with Crippen LogP contribution in [0.4, 0.5) is 0 Å². The van der Waals surface area contributed by atoms with Crippen molar-refractivity contribution < 1.29 is 26.4 Å². The van der Waals surface area contributed by atoms with Gasteiger partial charge in [-0.05, 0) is 43.5 Å². The van der Waals surface area contributed by atoms with E-state index in [0.717, 1.165) is 17.9 Å². The van der Waals surface area contributed by atoms with Crippen molar-refractivity contribution in [2.75, 3.05) is 19.4 Å². The Kier molecular flexibility index (Phi) is 7.56. The Labute approximate surface area is 172 Å². The first-order chi connectivity index (χ1) is 13.5. The maximum Gasteiger partial charge on any atom is 0.310 e. The molecule has 0 saturated heterocycles. The van der Waals surface area contributed by atoms with Crippen molar-refractivity contribution in [1.82, 2.24) is 4.72 Å². The zero-order valence-electron chi connectivity index (χ0n) is 16.6. The van der Waals surface area contributed by atoms with Gasteiger partial charge in [-0.25, -0.2) is 21.6 Å². The number of benzene rings is 2. The Morgan fingerprint density at radius 3 is 2.31 bits per heavy atom. The summed E-state index contributed by atoms with van der Waals surface area (Å²) in [5.74, 6) is -1.22. The van der Waals surface area contributed by atoms with E-state index in [2.05, 4.69) is 4.72 Å². The number of hydrogen-bond acceptors (Lipinski definition) is 6. The molecule has 9 heteroatoms. The highest BCUT2D eigenvalue weighted by Gasteiger charge is 2.25. The minimum Gasteiger partial charge on any atom is -0.466 e. The van der Waals surface area contributed by atoms with Crippen LogP contribution < -0.4 is 4.72 Å². The second kappa shape index (κ2) is 9.51. The lowest BCUT2D eigenvalue weighted by atomic mass is 10.00. The van der Waals surface area contributed by atoms with Gasteiger partial charge in [0.15, 0.2) is 9.84 Å². The van der Waals surface area contributed by atoms with E-state index >= 15 is 0 Å². The molecule has 0 fully saturated rings. The fourth-order valence-corrected chi connectivity index (χ4v) is 4.86. The molecule has 0 amide bonds. The number of nitrogens with one attached hydrogen (secondary N) is 1. The highest BCUT2D eigenvalue weighted by Crippen LogP contribution is 2.20. The summed E-state index contributed by atoms with van der Waals surface area (Å²) in [4.78, 5) is 12.1. The monoisotopic (exact) mass is 439 g/mol. The van der Waals surface area contributed by atoms with Gasteiger partial charge in [0.1, 0.15) is 0 Å². The molecule has 0 saturated carbocycles. The number of sulfone groups is 1. The fraction of sp³-hybridized carbons (Fsp3) is 0.350. The molecule has 2 aromatic carbocycles. The maximum atomic E-state index is 12.8. The number of rotatable bonds is 9. The number of sulfonamides is 1. The van der Waals surface area contributed by atoms with Crippen molar-refractivity contribution in [3.05, 3.63) is 59.7 Å². The van der Waals surface area contributed by atoms with E-state index in [0.29, 0.717) is 12.0 Å². The van der Waals surface area contributed by atoms with Crippen molar-refractivity contribution >= 4 is 25.8 Å². The molecule has 29 heavy (non-hydrogen) atoms. The molecule has 158 valence electrons. The Hall–Kier alpha value is -2.23. The van der Waals surface area contributed by atoms with E-state index in [1.165, 1.54) is 12.1 Å². The second-order valence-electron chi connectivity index (χ2n) is 6.69. The number of aryl methyl sites for hydroxylation is 1. The summed E-state index contributed by atoms with van der Waals surface area (Å²) in [6, 6.07) is 13.1. The Bertz CT molecular complexity index is 1060. The lowest BCUT2D eigenvalue weighted by molar-refractivity contribution is -0.147. The zero-order chi connectivity index (χ0) is 21.7. The van der Waals surface area contributed by atoms with Crippen LogP contribution in [0.3, 0.4) is 0 Å². The highest BCUT2D eigenvalue weighted by atomic mass is 32.2. The first-order valence-corrected chi connectivity index (χ1v) is 12.4. The summed E-state index contributed by atoms with van der Waals surface area (Å²) < 4.78 is 56.7. The van der Waals surface area contributed by atoms with Gasteiger partial charge in [-0.3, -0.25) is 4.79 Å². The Morgan fingerprint density at radius 1 is 1.07 bits per heavy atom. The molecule has 0 aromatic heterocycles. The minimum atomic E-state index is -4.03. The first-order valence-electron chi connectivity index (χ1n) is 9.05. The van der Waals surface area contributed by atoms with E-state index in [4.69, 9.17) is 4.74 Å². The van der Waals surface area contributed by atoms with Crippen LogP contribution in [-0.2, 0) is 35.8 Å². The van der Waals surface area contributed by atoms with Crippen molar-refractivity contribution in [2.45, 2.75) is 30.1 Å². The molecule has 2 aromatic rings. The topological polar surface area (TPSA) is 107 Å². The van der Waals surface area contributed by atoms with Crippen LogP contribution >= 0.6 is 0 Å². The molecule has 0 aliphatic heterocycles. The normalized spacial score (nSPS) is 13.1. The van der Waals surface area contributed by atoms with Gasteiger partial charge in [0.2, 0.25) is 10.0 Å². The standard InChI is InChI=1S/C20H25NO6S2/c1-4-27-20(22)17(12-16-8-6-5-7-9-16)14-21-29(25,26)19-13-18(28(3,23)24)11-10-15(19)2/h5-11,13,17,21H,4,12,14H2,1-3H3. The maximum absolute atomic E-state index is 12.8. The summed E-state index contributed by atoms with van der Waals surface area (Å²) in [7, 11) is -7.59. The fourth-order valence-electron chi connectivity index (χ4n) is 2.79. The number of esters is 1. The summed E-state index contributed by atoms with van der Waals surface area (Å²) in [6.45, 7) is 3.28. The summed E-state index contributed by atoms with van der Waals surface area (Å²) in [6.07, 6.45) is 1.32. The van der Waals surface area contributed by atoms with Crippen LogP contribution in [0.1, 0.15) is 18.1 Å². The smallest absolute Gasteiger partial charge is 0.310 e. The number of carbonyl (C=O) groups excluding carboxylic acids is 1. The van der Waals surface area contributed by atoms with Gasteiger partial charge >= 0.3 is 5.97 Å². The molecule has 0 heterocycles. The van der Waals surface area contributed by atoms with E-state index in [1.807, 2.05) is 30.3 Å². The van der Waals surface area contributed by atoms with Crippen molar-refractivity contribution in [3.8, 4) is 0 Å². The van der Waals surface area contributed by atoms with Gasteiger partial charge in [0.05, 0.1) is 22.3 Å². The van der Waals surface area contributed by atoms with Crippen LogP contribution in [-0.4, -0.2) is 42.2 Å². The summed E-state index contributed by atoms with van der Waals surface area (Å²) >= 11 is 0. The molecule has 1 N–H and O–H groups in total. The van der Waals surface area contributed by atoms with Crippen LogP contribution in [0.25, 0.3) is 0 Å². The SMILES string of the molecule is CCOC(=O)C(CNS(=O)(=O)c1cc(S(C)(=O)=O)ccc1C)Cc1ccccc1. The van der Waals surface area contributed by atoms with Gasteiger partial charge in [0.25, 0.3) is 0 Å². The van der Waals surface area contributed by atoms with Gasteiger partial charge < -0.3 is 4.74 Å². The Morgan fingerprint density at radius 2 is 1.72 bits per heavy atom. The predicted octanol–water partition coefficient (Wildman–Crippen LogP) is 2.10. The molecule has 7 nitrogen and oxygen atoms in total. The number of carbonyl (C=O) groups is 1. The summed E-state index contributed by atoms with van der Waals surface area (Å²) in [5, 5.41) is 0. The van der Waals surface area contributed by atoms with Gasteiger partial charge in [-0.2, -0.15) is 0 Å². The zero-order valence-corrected chi connectivity index (χ0v) is 18.2. The van der Waals surface area contributed by atoms with Crippen LogP contribution in [0.2, 0.25) is 0 Å². The predicted molar refractivity (Wildman–Crippen MR) is 110 cm³/mol. The third kappa shape index (κ3) is 6.38. The lowest BCUT2D eigenvalue weighted by Crippen LogP contribution is -2.35. The van der Waals surface area contributed by atoms with E-state index in [1.54, 1.807) is 13.8 Å². The number of hydrogen-bond donors (Lipinski definition) is 1. The van der Waals surface area contributed by atoms with Crippen molar-refractivity contribution in [1.29, 1.82) is 0 Å². The van der Waals surface area contributed by atoms with Gasteiger partial charge in [-0.15, -0.1) is 0 Å². The van der Waals surface area contributed by atoms with Crippen LogP contribution in [0.15, 0.2) is 58.3 Å². The van der Waals surface area contributed by atoms with Crippen LogP contribution in [0, 0.1) is 12.8 Å². The van der Waals surface area contributed by atoms with Crippen molar-refractivity contribution in [2.24, 2.45) is 5.92 Å². The molecule has 0 bridgehead atoms. The lowest BCUT2D eigenvalue weighted by Gasteiger charge is -2.17. The molecular weight excluding hydrogens is 414 g/mol.